The van der Waals surface area contributed by atoms with Crippen molar-refractivity contribution in [3.63, 3.8) is 0 Å². The van der Waals surface area contributed by atoms with Crippen molar-refractivity contribution in [2.45, 2.75) is 13.5 Å². The highest BCUT2D eigenvalue weighted by atomic mass is 19.1. The van der Waals surface area contributed by atoms with Gasteiger partial charge in [-0.25, -0.2) is 9.18 Å². The second kappa shape index (κ2) is 5.32. The third-order valence-electron chi connectivity index (χ3n) is 3.27. The van der Waals surface area contributed by atoms with Crippen molar-refractivity contribution >= 4 is 5.69 Å². The molecule has 0 aliphatic rings. The molecule has 0 aliphatic carbocycles. The first-order valence-corrected chi connectivity index (χ1v) is 6.16. The zero-order valence-corrected chi connectivity index (χ0v) is 11.6. The van der Waals surface area contributed by atoms with Crippen LogP contribution in [0.15, 0.2) is 33.9 Å². The number of hydrogen-bond donors (Lipinski definition) is 1. The summed E-state index contributed by atoms with van der Waals surface area (Å²) in [5, 5.41) is 3.10. The topological polar surface area (TPSA) is 56.0 Å². The monoisotopic (exact) mass is 277 g/mol. The van der Waals surface area contributed by atoms with Crippen LogP contribution in [0.2, 0.25) is 0 Å². The van der Waals surface area contributed by atoms with Crippen LogP contribution in [0.4, 0.5) is 10.1 Å². The first-order valence-electron chi connectivity index (χ1n) is 6.16. The summed E-state index contributed by atoms with van der Waals surface area (Å²) in [5.41, 5.74) is 1.38. The fraction of sp³-hybridized carbons (Fsp3) is 0.286. The van der Waals surface area contributed by atoms with Crippen LogP contribution >= 0.6 is 0 Å². The van der Waals surface area contributed by atoms with Gasteiger partial charge in [0.1, 0.15) is 5.82 Å². The Kier molecular flexibility index (Phi) is 3.74. The third-order valence-corrected chi connectivity index (χ3v) is 3.27. The quantitative estimate of drug-likeness (QED) is 0.915. The fourth-order valence-corrected chi connectivity index (χ4v) is 1.96. The largest absolute Gasteiger partial charge is 0.379 e. The maximum Gasteiger partial charge on any atom is 0.330 e. The summed E-state index contributed by atoms with van der Waals surface area (Å²) in [6.07, 6.45) is 0. The SMILES string of the molecule is Cc1cc(F)ccc1NCc1cc(=O)n(C)c(=O)n1C. The Morgan fingerprint density at radius 2 is 1.85 bits per heavy atom. The van der Waals surface area contributed by atoms with E-state index in [1.54, 1.807) is 20.0 Å². The Morgan fingerprint density at radius 3 is 2.50 bits per heavy atom. The van der Waals surface area contributed by atoms with Crippen LogP contribution in [0.25, 0.3) is 0 Å². The number of rotatable bonds is 3. The molecule has 0 radical (unpaired) electrons. The van der Waals surface area contributed by atoms with Crippen molar-refractivity contribution in [2.75, 3.05) is 5.32 Å². The lowest BCUT2D eigenvalue weighted by atomic mass is 10.2. The Morgan fingerprint density at radius 1 is 1.15 bits per heavy atom. The summed E-state index contributed by atoms with van der Waals surface area (Å²) in [6, 6.07) is 5.82. The molecule has 0 bridgehead atoms. The minimum atomic E-state index is -0.370. The zero-order chi connectivity index (χ0) is 14.9. The molecule has 1 N–H and O–H groups in total. The molecule has 0 fully saturated rings. The number of nitrogens with zero attached hydrogens (tertiary/aromatic N) is 2. The molecule has 20 heavy (non-hydrogen) atoms. The molecule has 2 aromatic rings. The van der Waals surface area contributed by atoms with E-state index in [0.29, 0.717) is 12.2 Å². The molecule has 0 aliphatic heterocycles. The molecule has 5 nitrogen and oxygen atoms in total. The molecule has 1 aromatic carbocycles. The van der Waals surface area contributed by atoms with E-state index in [1.807, 2.05) is 0 Å². The van der Waals surface area contributed by atoms with Crippen LogP contribution in [-0.4, -0.2) is 9.13 Å². The molecule has 1 heterocycles. The third kappa shape index (κ3) is 2.64. The number of halogens is 1. The van der Waals surface area contributed by atoms with Gasteiger partial charge in [-0.1, -0.05) is 0 Å². The minimum Gasteiger partial charge on any atom is -0.379 e. The highest BCUT2D eigenvalue weighted by molar-refractivity contribution is 5.50. The molecule has 6 heteroatoms. The van der Waals surface area contributed by atoms with Crippen LogP contribution in [0.3, 0.4) is 0 Å². The Hall–Kier alpha value is -2.37. The van der Waals surface area contributed by atoms with Crippen molar-refractivity contribution in [3.8, 4) is 0 Å². The van der Waals surface area contributed by atoms with E-state index in [0.717, 1.165) is 15.8 Å². The molecule has 0 saturated carbocycles. The van der Waals surface area contributed by atoms with E-state index in [2.05, 4.69) is 5.32 Å². The normalized spacial score (nSPS) is 10.6. The van der Waals surface area contributed by atoms with Gasteiger partial charge in [0.25, 0.3) is 5.56 Å². The zero-order valence-electron chi connectivity index (χ0n) is 11.6. The molecule has 0 spiro atoms. The van der Waals surface area contributed by atoms with Crippen molar-refractivity contribution in [1.29, 1.82) is 0 Å². The first-order chi connectivity index (χ1) is 9.40. The molecule has 0 saturated heterocycles. The van der Waals surface area contributed by atoms with Crippen molar-refractivity contribution in [2.24, 2.45) is 14.1 Å². The smallest absolute Gasteiger partial charge is 0.330 e. The van der Waals surface area contributed by atoms with E-state index in [4.69, 9.17) is 0 Å². The maximum atomic E-state index is 13.0. The van der Waals surface area contributed by atoms with E-state index < -0.39 is 0 Å². The van der Waals surface area contributed by atoms with Crippen LogP contribution in [0, 0.1) is 12.7 Å². The van der Waals surface area contributed by atoms with E-state index in [-0.39, 0.29) is 17.1 Å². The minimum absolute atomic E-state index is 0.297. The van der Waals surface area contributed by atoms with Gasteiger partial charge >= 0.3 is 5.69 Å². The van der Waals surface area contributed by atoms with Crippen molar-refractivity contribution in [3.05, 3.63) is 62.2 Å². The van der Waals surface area contributed by atoms with E-state index >= 15 is 0 Å². The predicted molar refractivity (Wildman–Crippen MR) is 75.4 cm³/mol. The lowest BCUT2D eigenvalue weighted by Crippen LogP contribution is -2.38. The van der Waals surface area contributed by atoms with Gasteiger partial charge in [0.15, 0.2) is 0 Å². The van der Waals surface area contributed by atoms with Gasteiger partial charge in [0.2, 0.25) is 0 Å². The lowest BCUT2D eigenvalue weighted by Gasteiger charge is -2.12. The lowest BCUT2D eigenvalue weighted by molar-refractivity contribution is 0.626. The highest BCUT2D eigenvalue weighted by Gasteiger charge is 2.06. The Balaban J connectivity index is 2.28. The molecule has 1 aromatic heterocycles. The van der Waals surface area contributed by atoms with Gasteiger partial charge in [0, 0.05) is 31.5 Å². The van der Waals surface area contributed by atoms with Gasteiger partial charge in [-0.15, -0.1) is 0 Å². The van der Waals surface area contributed by atoms with Crippen molar-refractivity contribution in [1.82, 2.24) is 9.13 Å². The molecule has 0 amide bonds. The first kappa shape index (κ1) is 14.0. The van der Waals surface area contributed by atoms with Crippen molar-refractivity contribution < 1.29 is 4.39 Å². The molecular weight excluding hydrogens is 261 g/mol. The number of aryl methyl sites for hydroxylation is 1. The Bertz CT molecular complexity index is 762. The van der Waals surface area contributed by atoms with Crippen LogP contribution < -0.4 is 16.6 Å². The molecule has 0 atom stereocenters. The highest BCUT2D eigenvalue weighted by Crippen LogP contribution is 2.16. The number of anilines is 1. The van der Waals surface area contributed by atoms with Crippen LogP contribution in [-0.2, 0) is 20.6 Å². The Labute approximate surface area is 115 Å². The van der Waals surface area contributed by atoms with Crippen LogP contribution in [0.1, 0.15) is 11.3 Å². The van der Waals surface area contributed by atoms with Gasteiger partial charge in [-0.05, 0) is 30.7 Å². The number of benzene rings is 1. The summed E-state index contributed by atoms with van der Waals surface area (Å²) in [4.78, 5) is 23.4. The average Bonchev–Trinajstić information content (AvgIpc) is 2.40. The molecule has 2 rings (SSSR count). The summed E-state index contributed by atoms with van der Waals surface area (Å²) in [7, 11) is 3.04. The summed E-state index contributed by atoms with van der Waals surface area (Å²) in [6.45, 7) is 2.10. The summed E-state index contributed by atoms with van der Waals surface area (Å²) >= 11 is 0. The summed E-state index contributed by atoms with van der Waals surface area (Å²) in [5.74, 6) is -0.297. The average molecular weight is 277 g/mol. The second-order valence-electron chi connectivity index (χ2n) is 4.69. The standard InChI is InChI=1S/C14H16FN3O2/c1-9-6-10(15)4-5-12(9)16-8-11-7-13(19)18(3)14(20)17(11)2/h4-7,16H,8H2,1-3H3. The predicted octanol–water partition coefficient (Wildman–Crippen LogP) is 1.14. The van der Waals surface area contributed by atoms with Gasteiger partial charge in [0.05, 0.1) is 6.54 Å². The van der Waals surface area contributed by atoms with Gasteiger partial charge < -0.3 is 5.32 Å². The summed E-state index contributed by atoms with van der Waals surface area (Å²) < 4.78 is 15.5. The van der Waals surface area contributed by atoms with Crippen LogP contribution in [0.5, 0.6) is 0 Å². The number of aromatic nitrogens is 2. The number of nitrogens with one attached hydrogen (secondary N) is 1. The van der Waals surface area contributed by atoms with E-state index in [9.17, 15) is 14.0 Å². The molecule has 0 unspecified atom stereocenters. The van der Waals surface area contributed by atoms with Gasteiger partial charge in [-0.2, -0.15) is 0 Å². The molecule has 106 valence electrons. The molecular formula is C14H16FN3O2. The fourth-order valence-electron chi connectivity index (χ4n) is 1.96. The maximum absolute atomic E-state index is 13.0. The van der Waals surface area contributed by atoms with Gasteiger partial charge in [-0.3, -0.25) is 13.9 Å². The second-order valence-corrected chi connectivity index (χ2v) is 4.69. The number of hydrogen-bond acceptors (Lipinski definition) is 3. The van der Waals surface area contributed by atoms with E-state index in [1.165, 1.54) is 29.8 Å².